The van der Waals surface area contributed by atoms with Crippen molar-refractivity contribution in [2.45, 2.75) is 6.92 Å². The summed E-state index contributed by atoms with van der Waals surface area (Å²) < 4.78 is 0.915. The van der Waals surface area contributed by atoms with E-state index in [2.05, 4.69) is 15.5 Å². The fourth-order valence-electron chi connectivity index (χ4n) is 0.788. The molecular weight excluding hydrogens is 172 g/mol. The molecule has 7 heteroatoms. The molecule has 1 heterocycles. The zero-order valence-electron chi connectivity index (χ0n) is 7.32. The van der Waals surface area contributed by atoms with Gasteiger partial charge in [-0.25, -0.2) is 0 Å². The molecule has 0 fully saturated rings. The molecule has 0 aliphatic carbocycles. The van der Waals surface area contributed by atoms with E-state index in [-0.39, 0.29) is 17.2 Å². The molecule has 1 aromatic rings. The summed E-state index contributed by atoms with van der Waals surface area (Å²) in [6.07, 6.45) is 0. The Morgan fingerprint density at radius 3 is 2.85 bits per heavy atom. The minimum atomic E-state index is -0.366. The van der Waals surface area contributed by atoms with Gasteiger partial charge >= 0.3 is 0 Å². The number of nitrogens with two attached hydrogens (primary N) is 2. The van der Waals surface area contributed by atoms with Crippen molar-refractivity contribution in [3.05, 3.63) is 16.0 Å². The van der Waals surface area contributed by atoms with Crippen molar-refractivity contribution in [1.29, 1.82) is 0 Å². The van der Waals surface area contributed by atoms with Crippen LogP contribution in [0.5, 0.6) is 0 Å². The van der Waals surface area contributed by atoms with Gasteiger partial charge in [0.1, 0.15) is 5.69 Å². The minimum absolute atomic E-state index is 0.223. The molecule has 0 aliphatic heterocycles. The van der Waals surface area contributed by atoms with Crippen molar-refractivity contribution in [2.75, 3.05) is 24.2 Å². The molecule has 0 aliphatic rings. The van der Waals surface area contributed by atoms with Crippen LogP contribution in [0.25, 0.3) is 0 Å². The van der Waals surface area contributed by atoms with Gasteiger partial charge in [0, 0.05) is 13.1 Å². The fourth-order valence-corrected chi connectivity index (χ4v) is 0.788. The third kappa shape index (κ3) is 1.94. The normalized spacial score (nSPS) is 10.0. The van der Waals surface area contributed by atoms with Gasteiger partial charge in [-0.15, -0.1) is 10.2 Å². The second kappa shape index (κ2) is 3.85. The first-order chi connectivity index (χ1) is 6.16. The third-order valence-corrected chi connectivity index (χ3v) is 1.48. The summed E-state index contributed by atoms with van der Waals surface area (Å²) >= 11 is 0. The Hall–Kier alpha value is -1.63. The smallest absolute Gasteiger partial charge is 0.295 e. The van der Waals surface area contributed by atoms with E-state index in [1.807, 2.05) is 0 Å². The van der Waals surface area contributed by atoms with E-state index in [1.165, 1.54) is 0 Å². The topological polar surface area (TPSA) is 112 Å². The van der Waals surface area contributed by atoms with Crippen LogP contribution in [0, 0.1) is 6.92 Å². The molecule has 7 nitrogen and oxygen atoms in total. The molecule has 0 radical (unpaired) electrons. The fraction of sp³-hybridized carbons (Fsp3) is 0.500. The van der Waals surface area contributed by atoms with E-state index in [1.54, 1.807) is 6.92 Å². The average molecular weight is 184 g/mol. The van der Waals surface area contributed by atoms with E-state index < -0.39 is 0 Å². The highest BCUT2D eigenvalue weighted by atomic mass is 16.1. The van der Waals surface area contributed by atoms with Crippen molar-refractivity contribution < 1.29 is 0 Å². The summed E-state index contributed by atoms with van der Waals surface area (Å²) in [6.45, 7) is 2.48. The summed E-state index contributed by atoms with van der Waals surface area (Å²) in [6, 6.07) is 0. The molecule has 0 saturated carbocycles. The maximum atomic E-state index is 11.2. The first-order valence-corrected chi connectivity index (χ1v) is 3.82. The van der Waals surface area contributed by atoms with Gasteiger partial charge in [-0.2, -0.15) is 4.68 Å². The molecule has 0 saturated heterocycles. The van der Waals surface area contributed by atoms with Gasteiger partial charge in [0.25, 0.3) is 5.56 Å². The van der Waals surface area contributed by atoms with Crippen LogP contribution in [-0.4, -0.2) is 28.0 Å². The van der Waals surface area contributed by atoms with Crippen LogP contribution >= 0.6 is 0 Å². The molecule has 0 atom stereocenters. The highest BCUT2D eigenvalue weighted by Gasteiger charge is 2.04. The summed E-state index contributed by atoms with van der Waals surface area (Å²) in [5.74, 6) is 5.65. The highest BCUT2D eigenvalue weighted by Crippen LogP contribution is 1.91. The molecule has 72 valence electrons. The SMILES string of the molecule is Cc1nnc(NCCN)n(N)c1=O. The standard InChI is InChI=1S/C6H12N6O/c1-4-5(13)12(8)6(11-10-4)9-3-2-7/h2-3,7-8H2,1H3,(H,9,11). The lowest BCUT2D eigenvalue weighted by atomic mass is 10.5. The van der Waals surface area contributed by atoms with Crippen LogP contribution < -0.4 is 22.5 Å². The number of nitrogen functional groups attached to an aromatic ring is 1. The van der Waals surface area contributed by atoms with E-state index in [4.69, 9.17) is 11.6 Å². The highest BCUT2D eigenvalue weighted by molar-refractivity contribution is 5.24. The predicted molar refractivity (Wildman–Crippen MR) is 48.7 cm³/mol. The Morgan fingerprint density at radius 1 is 1.54 bits per heavy atom. The monoisotopic (exact) mass is 184 g/mol. The molecular formula is C6H12N6O. The van der Waals surface area contributed by atoms with E-state index >= 15 is 0 Å². The zero-order valence-corrected chi connectivity index (χ0v) is 7.32. The number of anilines is 1. The second-order valence-corrected chi connectivity index (χ2v) is 2.50. The number of aryl methyl sites for hydroxylation is 1. The summed E-state index contributed by atoms with van der Waals surface area (Å²) in [4.78, 5) is 11.2. The molecule has 0 amide bonds. The van der Waals surface area contributed by atoms with Gasteiger partial charge in [0.15, 0.2) is 0 Å². The largest absolute Gasteiger partial charge is 0.352 e. The third-order valence-electron chi connectivity index (χ3n) is 1.48. The van der Waals surface area contributed by atoms with Crippen LogP contribution in [0.2, 0.25) is 0 Å². The van der Waals surface area contributed by atoms with Crippen molar-refractivity contribution in [3.8, 4) is 0 Å². The van der Waals surface area contributed by atoms with Gasteiger partial charge in [0.05, 0.1) is 0 Å². The van der Waals surface area contributed by atoms with Crippen molar-refractivity contribution in [1.82, 2.24) is 14.9 Å². The maximum Gasteiger partial charge on any atom is 0.295 e. The molecule has 0 spiro atoms. The Kier molecular flexibility index (Phi) is 2.80. The molecule has 0 bridgehead atoms. The lowest BCUT2D eigenvalue weighted by Gasteiger charge is -2.06. The van der Waals surface area contributed by atoms with E-state index in [9.17, 15) is 4.79 Å². The first-order valence-electron chi connectivity index (χ1n) is 3.82. The predicted octanol–water partition coefficient (Wildman–Crippen LogP) is -1.97. The van der Waals surface area contributed by atoms with Crippen LogP contribution in [0.4, 0.5) is 5.95 Å². The van der Waals surface area contributed by atoms with Gasteiger partial charge in [-0.05, 0) is 6.92 Å². The number of nitrogens with one attached hydrogen (secondary N) is 1. The molecule has 0 aromatic carbocycles. The average Bonchev–Trinajstić information content (AvgIpc) is 2.13. The summed E-state index contributed by atoms with van der Waals surface area (Å²) in [5.41, 5.74) is 5.15. The van der Waals surface area contributed by atoms with E-state index in [0.29, 0.717) is 13.1 Å². The van der Waals surface area contributed by atoms with Crippen LogP contribution in [0.3, 0.4) is 0 Å². The Labute approximate surface area is 74.7 Å². The molecule has 1 aromatic heterocycles. The molecule has 5 N–H and O–H groups in total. The Morgan fingerprint density at radius 2 is 2.23 bits per heavy atom. The van der Waals surface area contributed by atoms with Gasteiger partial charge in [-0.3, -0.25) is 4.79 Å². The minimum Gasteiger partial charge on any atom is -0.352 e. The van der Waals surface area contributed by atoms with Crippen LogP contribution in [0.1, 0.15) is 5.69 Å². The quantitative estimate of drug-likeness (QED) is 0.470. The Bertz CT molecular complexity index is 345. The first kappa shape index (κ1) is 9.46. The lowest BCUT2D eigenvalue weighted by Crippen LogP contribution is -2.34. The number of nitrogens with zero attached hydrogens (tertiary/aromatic N) is 3. The van der Waals surface area contributed by atoms with Gasteiger partial charge in [0.2, 0.25) is 5.95 Å². The van der Waals surface area contributed by atoms with Crippen molar-refractivity contribution in [3.63, 3.8) is 0 Å². The van der Waals surface area contributed by atoms with Crippen LogP contribution in [0.15, 0.2) is 4.79 Å². The zero-order chi connectivity index (χ0) is 9.84. The second-order valence-electron chi connectivity index (χ2n) is 2.50. The number of aromatic nitrogens is 3. The number of hydrogen-bond acceptors (Lipinski definition) is 6. The number of hydrogen-bond donors (Lipinski definition) is 3. The molecule has 1 rings (SSSR count). The van der Waals surface area contributed by atoms with Crippen molar-refractivity contribution >= 4 is 5.95 Å². The van der Waals surface area contributed by atoms with Crippen LogP contribution in [-0.2, 0) is 0 Å². The molecule has 13 heavy (non-hydrogen) atoms. The lowest BCUT2D eigenvalue weighted by molar-refractivity contribution is 0.792. The van der Waals surface area contributed by atoms with E-state index in [0.717, 1.165) is 4.68 Å². The Balaban J connectivity index is 2.97. The summed E-state index contributed by atoms with van der Waals surface area (Å²) in [5, 5.41) is 10.1. The number of rotatable bonds is 3. The molecule has 0 unspecified atom stereocenters. The van der Waals surface area contributed by atoms with Gasteiger partial charge in [-0.1, -0.05) is 0 Å². The maximum absolute atomic E-state index is 11.2. The van der Waals surface area contributed by atoms with Gasteiger partial charge < -0.3 is 16.9 Å². The van der Waals surface area contributed by atoms with Crippen molar-refractivity contribution in [2.24, 2.45) is 5.73 Å². The summed E-state index contributed by atoms with van der Waals surface area (Å²) in [7, 11) is 0.